The lowest BCUT2D eigenvalue weighted by Gasteiger charge is -2.34. The molecule has 27 heavy (non-hydrogen) atoms. The zero-order valence-electron chi connectivity index (χ0n) is 16.4. The molecule has 0 saturated carbocycles. The molecule has 7 heteroatoms. The molecule has 0 radical (unpaired) electrons. The highest BCUT2D eigenvalue weighted by molar-refractivity contribution is 5.76. The molecular formula is C20H28N4O3. The van der Waals surface area contributed by atoms with E-state index >= 15 is 0 Å². The van der Waals surface area contributed by atoms with Crippen LogP contribution in [0.15, 0.2) is 28.7 Å². The lowest BCUT2D eigenvalue weighted by atomic mass is 10.1. The van der Waals surface area contributed by atoms with Crippen LogP contribution < -0.4 is 4.74 Å². The summed E-state index contributed by atoms with van der Waals surface area (Å²) in [4.78, 5) is 16.7. The van der Waals surface area contributed by atoms with E-state index in [1.807, 2.05) is 43.0 Å². The largest absolute Gasteiger partial charge is 0.496 e. The van der Waals surface area contributed by atoms with E-state index in [9.17, 15) is 4.79 Å². The summed E-state index contributed by atoms with van der Waals surface area (Å²) >= 11 is 0. The van der Waals surface area contributed by atoms with Crippen LogP contribution in [-0.4, -0.2) is 59.2 Å². The van der Waals surface area contributed by atoms with Crippen molar-refractivity contribution in [3.8, 4) is 5.75 Å². The molecule has 0 bridgehead atoms. The quantitative estimate of drug-likeness (QED) is 0.744. The number of hydrogen-bond donors (Lipinski definition) is 0. The Morgan fingerprint density at radius 1 is 1.19 bits per heavy atom. The number of aryl methyl sites for hydroxylation is 1. The van der Waals surface area contributed by atoms with Gasteiger partial charge in [-0.3, -0.25) is 9.69 Å². The summed E-state index contributed by atoms with van der Waals surface area (Å²) in [5.74, 6) is 2.60. The summed E-state index contributed by atoms with van der Waals surface area (Å²) in [6.45, 7) is 7.81. The maximum Gasteiger partial charge on any atom is 0.230 e. The van der Waals surface area contributed by atoms with Crippen molar-refractivity contribution >= 4 is 5.91 Å². The summed E-state index contributed by atoms with van der Waals surface area (Å²) in [5, 5.41) is 8.19. The van der Waals surface area contributed by atoms with Crippen molar-refractivity contribution in [3.63, 3.8) is 0 Å². The van der Waals surface area contributed by atoms with Crippen LogP contribution in [0.2, 0.25) is 0 Å². The second-order valence-electron chi connectivity index (χ2n) is 7.16. The van der Waals surface area contributed by atoms with Crippen LogP contribution in [0, 0.1) is 0 Å². The average Bonchev–Trinajstić information content (AvgIpc) is 3.16. The third-order valence-corrected chi connectivity index (χ3v) is 4.86. The number of carbonyl (C=O) groups excluding carboxylic acids is 1. The van der Waals surface area contributed by atoms with Crippen molar-refractivity contribution < 1.29 is 13.9 Å². The van der Waals surface area contributed by atoms with E-state index in [1.54, 1.807) is 7.11 Å². The van der Waals surface area contributed by atoms with Crippen molar-refractivity contribution in [1.29, 1.82) is 0 Å². The molecule has 1 aliphatic rings. The number of benzene rings is 1. The number of methoxy groups -OCH3 is 1. The fourth-order valence-electron chi connectivity index (χ4n) is 3.22. The first-order valence-electron chi connectivity index (χ1n) is 9.51. The molecule has 3 rings (SSSR count). The molecule has 1 aliphatic heterocycles. The number of nitrogens with zero attached hydrogens (tertiary/aromatic N) is 4. The van der Waals surface area contributed by atoms with Crippen LogP contribution in [0.1, 0.15) is 43.5 Å². The van der Waals surface area contributed by atoms with Gasteiger partial charge in [-0.05, 0) is 18.1 Å². The van der Waals surface area contributed by atoms with Gasteiger partial charge in [0.15, 0.2) is 0 Å². The van der Waals surface area contributed by atoms with Crippen LogP contribution in [0.5, 0.6) is 5.75 Å². The molecule has 0 N–H and O–H groups in total. The number of aromatic nitrogens is 2. The number of hydrogen-bond acceptors (Lipinski definition) is 6. The molecule has 0 spiro atoms. The standard InChI is InChI=1S/C20H28N4O3/c1-15(2)20-22-21-18(27-20)14-23-10-12-24(13-11-23)19(25)9-8-16-6-4-5-7-17(16)26-3/h4-7,15H,8-14H2,1-3H3. The number of para-hydroxylation sites is 1. The van der Waals surface area contributed by atoms with Crippen LogP contribution in [0.4, 0.5) is 0 Å². The Kier molecular flexibility index (Phi) is 6.45. The minimum atomic E-state index is 0.195. The minimum absolute atomic E-state index is 0.195. The van der Waals surface area contributed by atoms with Crippen molar-refractivity contribution in [3.05, 3.63) is 41.6 Å². The van der Waals surface area contributed by atoms with Gasteiger partial charge in [-0.1, -0.05) is 32.0 Å². The number of carbonyl (C=O) groups is 1. The maximum atomic E-state index is 12.5. The smallest absolute Gasteiger partial charge is 0.230 e. The topological polar surface area (TPSA) is 71.7 Å². The molecule has 1 aromatic heterocycles. The van der Waals surface area contributed by atoms with Gasteiger partial charge in [-0.2, -0.15) is 0 Å². The Labute approximate surface area is 160 Å². The first-order chi connectivity index (χ1) is 13.1. The summed E-state index contributed by atoms with van der Waals surface area (Å²) in [5.41, 5.74) is 1.07. The summed E-state index contributed by atoms with van der Waals surface area (Å²) < 4.78 is 11.0. The van der Waals surface area contributed by atoms with E-state index in [0.29, 0.717) is 31.2 Å². The maximum absolute atomic E-state index is 12.5. The van der Waals surface area contributed by atoms with Gasteiger partial charge in [0, 0.05) is 38.5 Å². The molecule has 1 aromatic carbocycles. The molecule has 0 aliphatic carbocycles. The van der Waals surface area contributed by atoms with Gasteiger partial charge in [0.25, 0.3) is 0 Å². The first kappa shape index (κ1) is 19.4. The Morgan fingerprint density at radius 2 is 1.93 bits per heavy atom. The zero-order valence-corrected chi connectivity index (χ0v) is 16.4. The van der Waals surface area contributed by atoms with E-state index in [1.165, 1.54) is 0 Å². The van der Waals surface area contributed by atoms with Crippen LogP contribution in [0.25, 0.3) is 0 Å². The van der Waals surface area contributed by atoms with E-state index in [0.717, 1.165) is 37.5 Å². The number of rotatable bonds is 7. The SMILES string of the molecule is COc1ccccc1CCC(=O)N1CCN(Cc2nnc(C(C)C)o2)CC1. The highest BCUT2D eigenvalue weighted by Gasteiger charge is 2.22. The fraction of sp³-hybridized carbons (Fsp3) is 0.550. The number of ether oxygens (including phenoxy) is 1. The molecule has 2 aromatic rings. The lowest BCUT2D eigenvalue weighted by Crippen LogP contribution is -2.48. The second kappa shape index (κ2) is 8.99. The van der Waals surface area contributed by atoms with Crippen LogP contribution in [-0.2, 0) is 17.8 Å². The molecule has 1 amide bonds. The van der Waals surface area contributed by atoms with Crippen molar-refractivity contribution in [1.82, 2.24) is 20.0 Å². The first-order valence-corrected chi connectivity index (χ1v) is 9.51. The predicted octanol–water partition coefficient (Wildman–Crippen LogP) is 2.48. The molecule has 146 valence electrons. The second-order valence-corrected chi connectivity index (χ2v) is 7.16. The Hall–Kier alpha value is -2.41. The zero-order chi connectivity index (χ0) is 19.2. The Morgan fingerprint density at radius 3 is 2.59 bits per heavy atom. The normalized spacial score (nSPS) is 15.3. The molecule has 1 fully saturated rings. The van der Waals surface area contributed by atoms with Crippen LogP contribution in [0.3, 0.4) is 0 Å². The van der Waals surface area contributed by atoms with Gasteiger partial charge in [0.1, 0.15) is 5.75 Å². The monoisotopic (exact) mass is 372 g/mol. The molecule has 7 nitrogen and oxygen atoms in total. The molecule has 2 heterocycles. The number of piperazine rings is 1. The van der Waals surface area contributed by atoms with E-state index < -0.39 is 0 Å². The number of amides is 1. The van der Waals surface area contributed by atoms with E-state index in [4.69, 9.17) is 9.15 Å². The molecule has 0 unspecified atom stereocenters. The van der Waals surface area contributed by atoms with Crippen LogP contribution >= 0.6 is 0 Å². The molecule has 1 saturated heterocycles. The minimum Gasteiger partial charge on any atom is -0.496 e. The Balaban J connectivity index is 1.44. The fourth-order valence-corrected chi connectivity index (χ4v) is 3.22. The van der Waals surface area contributed by atoms with E-state index in [2.05, 4.69) is 15.1 Å². The third kappa shape index (κ3) is 5.07. The van der Waals surface area contributed by atoms with Crippen molar-refractivity contribution in [2.24, 2.45) is 0 Å². The van der Waals surface area contributed by atoms with Gasteiger partial charge in [0.2, 0.25) is 17.7 Å². The van der Waals surface area contributed by atoms with Crippen molar-refractivity contribution in [2.45, 2.75) is 39.2 Å². The highest BCUT2D eigenvalue weighted by atomic mass is 16.5. The summed E-state index contributed by atoms with van der Waals surface area (Å²) in [6, 6.07) is 7.86. The predicted molar refractivity (Wildman–Crippen MR) is 102 cm³/mol. The average molecular weight is 372 g/mol. The van der Waals surface area contributed by atoms with Gasteiger partial charge < -0.3 is 14.1 Å². The Bertz CT molecular complexity index is 751. The van der Waals surface area contributed by atoms with Gasteiger partial charge in [0.05, 0.1) is 13.7 Å². The molecule has 0 atom stereocenters. The van der Waals surface area contributed by atoms with Gasteiger partial charge >= 0.3 is 0 Å². The van der Waals surface area contributed by atoms with Gasteiger partial charge in [-0.25, -0.2) is 0 Å². The lowest BCUT2D eigenvalue weighted by molar-refractivity contribution is -0.133. The third-order valence-electron chi connectivity index (χ3n) is 4.86. The van der Waals surface area contributed by atoms with E-state index in [-0.39, 0.29) is 11.8 Å². The summed E-state index contributed by atoms with van der Waals surface area (Å²) in [6.07, 6.45) is 1.20. The highest BCUT2D eigenvalue weighted by Crippen LogP contribution is 2.19. The van der Waals surface area contributed by atoms with Gasteiger partial charge in [-0.15, -0.1) is 10.2 Å². The van der Waals surface area contributed by atoms with Crippen molar-refractivity contribution in [2.75, 3.05) is 33.3 Å². The molecular weight excluding hydrogens is 344 g/mol. The summed E-state index contributed by atoms with van der Waals surface area (Å²) in [7, 11) is 1.66.